The van der Waals surface area contributed by atoms with Gasteiger partial charge in [-0.05, 0) is 32.0 Å². The Kier molecular flexibility index (Phi) is 3.41. The van der Waals surface area contributed by atoms with Crippen molar-refractivity contribution >= 4 is 16.8 Å². The highest BCUT2D eigenvalue weighted by Gasteiger charge is 2.26. The standard InChI is InChI=1S/C17H18N4O/c1-17(2,14-10-6-7-11-18-14)19-16(22)15-12-8-4-5-9-13(12)21(3)20-15/h4-11H,1-3H3,(H,19,22). The third-order valence-corrected chi connectivity index (χ3v) is 3.70. The first-order chi connectivity index (χ1) is 10.5. The number of aryl methyl sites for hydroxylation is 1. The summed E-state index contributed by atoms with van der Waals surface area (Å²) in [5.74, 6) is -0.201. The van der Waals surface area contributed by atoms with Gasteiger partial charge in [0, 0.05) is 18.6 Å². The van der Waals surface area contributed by atoms with Crippen LogP contribution in [0.25, 0.3) is 10.9 Å². The largest absolute Gasteiger partial charge is 0.340 e. The Bertz CT molecular complexity index is 821. The molecule has 0 fully saturated rings. The van der Waals surface area contributed by atoms with Crippen LogP contribution in [0.5, 0.6) is 0 Å². The maximum Gasteiger partial charge on any atom is 0.273 e. The van der Waals surface area contributed by atoms with Crippen molar-refractivity contribution in [3.05, 3.63) is 60.0 Å². The van der Waals surface area contributed by atoms with E-state index >= 15 is 0 Å². The van der Waals surface area contributed by atoms with Gasteiger partial charge in [-0.25, -0.2) is 0 Å². The minimum atomic E-state index is -0.572. The number of nitrogens with zero attached hydrogens (tertiary/aromatic N) is 3. The molecule has 0 unspecified atom stereocenters. The van der Waals surface area contributed by atoms with Crippen molar-refractivity contribution in [2.75, 3.05) is 0 Å². The Hall–Kier alpha value is -2.69. The van der Waals surface area contributed by atoms with E-state index in [1.165, 1.54) is 0 Å². The number of pyridine rings is 1. The molecule has 0 saturated carbocycles. The van der Waals surface area contributed by atoms with Crippen molar-refractivity contribution in [2.45, 2.75) is 19.4 Å². The van der Waals surface area contributed by atoms with Crippen LogP contribution in [0.1, 0.15) is 30.0 Å². The number of benzene rings is 1. The fourth-order valence-corrected chi connectivity index (χ4v) is 2.52. The number of rotatable bonds is 3. The van der Waals surface area contributed by atoms with Gasteiger partial charge in [0.2, 0.25) is 0 Å². The zero-order valence-electron chi connectivity index (χ0n) is 12.9. The summed E-state index contributed by atoms with van der Waals surface area (Å²) in [6.07, 6.45) is 1.72. The molecule has 2 heterocycles. The summed E-state index contributed by atoms with van der Waals surface area (Å²) in [5, 5.41) is 8.22. The fraction of sp³-hybridized carbons (Fsp3) is 0.235. The molecule has 0 spiro atoms. The molecular formula is C17H18N4O. The van der Waals surface area contributed by atoms with Crippen LogP contribution in [0.3, 0.4) is 0 Å². The van der Waals surface area contributed by atoms with Gasteiger partial charge in [0.1, 0.15) is 0 Å². The number of amides is 1. The van der Waals surface area contributed by atoms with Crippen molar-refractivity contribution < 1.29 is 4.79 Å². The average molecular weight is 294 g/mol. The van der Waals surface area contributed by atoms with Crippen LogP contribution in [-0.2, 0) is 12.6 Å². The van der Waals surface area contributed by atoms with Gasteiger partial charge in [0.05, 0.1) is 16.7 Å². The molecule has 1 amide bonds. The zero-order chi connectivity index (χ0) is 15.7. The summed E-state index contributed by atoms with van der Waals surface area (Å²) in [4.78, 5) is 17.0. The quantitative estimate of drug-likeness (QED) is 0.808. The van der Waals surface area contributed by atoms with Gasteiger partial charge in [-0.3, -0.25) is 14.5 Å². The Balaban J connectivity index is 1.94. The Morgan fingerprint density at radius 1 is 1.14 bits per heavy atom. The van der Waals surface area contributed by atoms with Gasteiger partial charge in [-0.2, -0.15) is 5.10 Å². The normalized spacial score (nSPS) is 11.6. The molecule has 0 bridgehead atoms. The first-order valence-corrected chi connectivity index (χ1v) is 7.15. The molecule has 112 valence electrons. The Morgan fingerprint density at radius 3 is 2.59 bits per heavy atom. The van der Waals surface area contributed by atoms with Crippen LogP contribution in [0.2, 0.25) is 0 Å². The average Bonchev–Trinajstić information content (AvgIpc) is 2.86. The summed E-state index contributed by atoms with van der Waals surface area (Å²) >= 11 is 0. The van der Waals surface area contributed by atoms with E-state index in [1.54, 1.807) is 10.9 Å². The van der Waals surface area contributed by atoms with Crippen LogP contribution < -0.4 is 5.32 Å². The smallest absolute Gasteiger partial charge is 0.273 e. The van der Waals surface area contributed by atoms with Crippen molar-refractivity contribution in [3.63, 3.8) is 0 Å². The molecule has 0 atom stereocenters. The van der Waals surface area contributed by atoms with Crippen LogP contribution in [0.15, 0.2) is 48.7 Å². The maximum atomic E-state index is 12.6. The first-order valence-electron chi connectivity index (χ1n) is 7.15. The van der Waals surface area contributed by atoms with E-state index in [2.05, 4.69) is 15.4 Å². The molecule has 0 aliphatic heterocycles. The van der Waals surface area contributed by atoms with Crippen LogP contribution in [0, 0.1) is 0 Å². The number of nitrogens with one attached hydrogen (secondary N) is 1. The SMILES string of the molecule is Cn1nc(C(=O)NC(C)(C)c2ccccn2)c2ccccc21. The highest BCUT2D eigenvalue weighted by molar-refractivity contribution is 6.05. The Labute approximate surface area is 129 Å². The van der Waals surface area contributed by atoms with Gasteiger partial charge in [0.25, 0.3) is 5.91 Å². The molecule has 1 aromatic carbocycles. The predicted octanol–water partition coefficient (Wildman–Crippen LogP) is 2.63. The molecule has 0 saturated heterocycles. The minimum absolute atomic E-state index is 0.201. The molecule has 3 rings (SSSR count). The highest BCUT2D eigenvalue weighted by atomic mass is 16.2. The molecule has 2 aromatic heterocycles. The van der Waals surface area contributed by atoms with Gasteiger partial charge < -0.3 is 5.32 Å². The molecule has 0 aliphatic rings. The fourth-order valence-electron chi connectivity index (χ4n) is 2.52. The van der Waals surface area contributed by atoms with Gasteiger partial charge >= 0.3 is 0 Å². The lowest BCUT2D eigenvalue weighted by Gasteiger charge is -2.25. The van der Waals surface area contributed by atoms with Gasteiger partial charge in [0.15, 0.2) is 5.69 Å². The molecule has 3 aromatic rings. The molecule has 22 heavy (non-hydrogen) atoms. The second-order valence-corrected chi connectivity index (χ2v) is 5.78. The van der Waals surface area contributed by atoms with E-state index in [9.17, 15) is 4.79 Å². The summed E-state index contributed by atoms with van der Waals surface area (Å²) in [7, 11) is 1.84. The van der Waals surface area contributed by atoms with E-state index in [0.717, 1.165) is 16.6 Å². The number of hydrogen-bond donors (Lipinski definition) is 1. The lowest BCUT2D eigenvalue weighted by atomic mass is 9.99. The summed E-state index contributed by atoms with van der Waals surface area (Å²) < 4.78 is 1.72. The van der Waals surface area contributed by atoms with Crippen molar-refractivity contribution in [2.24, 2.45) is 7.05 Å². The Morgan fingerprint density at radius 2 is 1.86 bits per heavy atom. The number of para-hydroxylation sites is 1. The second-order valence-electron chi connectivity index (χ2n) is 5.78. The number of hydrogen-bond acceptors (Lipinski definition) is 3. The first kappa shape index (κ1) is 14.3. The third-order valence-electron chi connectivity index (χ3n) is 3.70. The number of aromatic nitrogens is 3. The topological polar surface area (TPSA) is 59.8 Å². The van der Waals surface area contributed by atoms with Crippen LogP contribution >= 0.6 is 0 Å². The lowest BCUT2D eigenvalue weighted by molar-refractivity contribution is 0.0906. The van der Waals surface area contributed by atoms with Crippen molar-refractivity contribution in [3.8, 4) is 0 Å². The third kappa shape index (κ3) is 2.45. The molecule has 1 N–H and O–H groups in total. The second kappa shape index (κ2) is 5.26. The van der Waals surface area contributed by atoms with Crippen molar-refractivity contribution in [1.82, 2.24) is 20.1 Å². The van der Waals surface area contributed by atoms with E-state index in [0.29, 0.717) is 5.69 Å². The number of carbonyl (C=O) groups is 1. The van der Waals surface area contributed by atoms with Crippen LogP contribution in [-0.4, -0.2) is 20.7 Å². The highest BCUT2D eigenvalue weighted by Crippen LogP contribution is 2.21. The monoisotopic (exact) mass is 294 g/mol. The van der Waals surface area contributed by atoms with E-state index in [4.69, 9.17) is 0 Å². The summed E-state index contributed by atoms with van der Waals surface area (Å²) in [6.45, 7) is 3.86. The minimum Gasteiger partial charge on any atom is -0.340 e. The van der Waals surface area contributed by atoms with Gasteiger partial charge in [-0.1, -0.05) is 24.3 Å². The number of carbonyl (C=O) groups excluding carboxylic acids is 1. The number of fused-ring (bicyclic) bond motifs is 1. The summed E-state index contributed by atoms with van der Waals surface area (Å²) in [6, 6.07) is 13.4. The molecule has 5 nitrogen and oxygen atoms in total. The lowest BCUT2D eigenvalue weighted by Crippen LogP contribution is -2.41. The predicted molar refractivity (Wildman–Crippen MR) is 85.4 cm³/mol. The zero-order valence-corrected chi connectivity index (χ0v) is 12.9. The molecular weight excluding hydrogens is 276 g/mol. The summed E-state index contributed by atoms with van der Waals surface area (Å²) in [5.41, 5.74) is 1.60. The van der Waals surface area contributed by atoms with Crippen molar-refractivity contribution in [1.29, 1.82) is 0 Å². The van der Waals surface area contributed by atoms with Gasteiger partial charge in [-0.15, -0.1) is 0 Å². The maximum absolute atomic E-state index is 12.6. The van der Waals surface area contributed by atoms with Crippen LogP contribution in [0.4, 0.5) is 0 Å². The molecule has 0 radical (unpaired) electrons. The molecule has 0 aliphatic carbocycles. The van der Waals surface area contributed by atoms with E-state index in [1.807, 2.05) is 63.4 Å². The molecule has 5 heteroatoms. The van der Waals surface area contributed by atoms with E-state index < -0.39 is 5.54 Å². The van der Waals surface area contributed by atoms with E-state index in [-0.39, 0.29) is 5.91 Å².